The molecule has 25 heavy (non-hydrogen) atoms. The zero-order valence-electron chi connectivity index (χ0n) is 15.3. The van der Waals surface area contributed by atoms with E-state index in [0.29, 0.717) is 13.2 Å². The van der Waals surface area contributed by atoms with Crippen LogP contribution in [0.4, 0.5) is 0 Å². The summed E-state index contributed by atoms with van der Waals surface area (Å²) in [5, 5.41) is 0. The van der Waals surface area contributed by atoms with Crippen LogP contribution in [0.25, 0.3) is 0 Å². The maximum atomic E-state index is 5.96. The van der Waals surface area contributed by atoms with E-state index in [4.69, 9.17) is 4.74 Å². The first-order chi connectivity index (χ1) is 12.1. The summed E-state index contributed by atoms with van der Waals surface area (Å²) in [5.41, 5.74) is 8.26. The van der Waals surface area contributed by atoms with Gasteiger partial charge in [0, 0.05) is 0 Å². The Morgan fingerprint density at radius 1 is 0.720 bits per heavy atom. The van der Waals surface area contributed by atoms with Crippen molar-refractivity contribution >= 4 is 45.2 Å². The van der Waals surface area contributed by atoms with E-state index >= 15 is 0 Å². The number of aryl methyl sites for hydroxylation is 4. The van der Waals surface area contributed by atoms with Gasteiger partial charge in [-0.05, 0) is 81.8 Å². The first kappa shape index (κ1) is 21.2. The van der Waals surface area contributed by atoms with E-state index in [2.05, 4.69) is 95.4 Å². The van der Waals surface area contributed by atoms with Crippen LogP contribution in [0, 0.1) is 13.8 Å². The van der Waals surface area contributed by atoms with Crippen LogP contribution in [0.5, 0.6) is 0 Å². The van der Waals surface area contributed by atoms with Gasteiger partial charge in [0.25, 0.3) is 0 Å². The number of ether oxygens (including phenoxy) is 1. The average molecular weight is 562 g/mol. The summed E-state index contributed by atoms with van der Waals surface area (Å²) >= 11 is 4.89. The molecule has 0 spiro atoms. The summed E-state index contributed by atoms with van der Waals surface area (Å²) in [6, 6.07) is 13.5. The Balaban J connectivity index is 1.86. The molecule has 0 unspecified atom stereocenters. The molecule has 136 valence electrons. The maximum absolute atomic E-state index is 5.96. The average Bonchev–Trinajstić information content (AvgIpc) is 2.60. The van der Waals surface area contributed by atoms with Crippen LogP contribution in [0.1, 0.15) is 46.2 Å². The number of halogens is 2. The molecule has 2 aromatic rings. The maximum Gasteiger partial charge on any atom is 0.0721 e. The van der Waals surface area contributed by atoms with E-state index in [-0.39, 0.29) is 0 Å². The summed E-state index contributed by atoms with van der Waals surface area (Å²) in [6.45, 7) is 5.79. The predicted molar refractivity (Wildman–Crippen MR) is 125 cm³/mol. The third-order valence-corrected chi connectivity index (χ3v) is 6.04. The third kappa shape index (κ3) is 7.18. The first-order valence-corrected chi connectivity index (χ1v) is 12.1. The molecule has 0 aromatic heterocycles. The van der Waals surface area contributed by atoms with Gasteiger partial charge < -0.3 is 4.74 Å². The largest absolute Gasteiger partial charge is 0.372 e. The van der Waals surface area contributed by atoms with Gasteiger partial charge in [0.05, 0.1) is 13.2 Å². The van der Waals surface area contributed by atoms with E-state index < -0.39 is 0 Å². The molecule has 1 nitrogen and oxygen atoms in total. The minimum atomic E-state index is 0.684. The Morgan fingerprint density at radius 2 is 1.16 bits per heavy atom. The fourth-order valence-corrected chi connectivity index (χ4v) is 3.82. The van der Waals surface area contributed by atoms with Gasteiger partial charge >= 0.3 is 0 Å². The number of benzene rings is 2. The van der Waals surface area contributed by atoms with Crippen molar-refractivity contribution in [1.82, 2.24) is 0 Å². The molecule has 2 rings (SSSR count). The van der Waals surface area contributed by atoms with Crippen molar-refractivity contribution in [2.24, 2.45) is 0 Å². The topological polar surface area (TPSA) is 9.23 Å². The molecule has 0 bridgehead atoms. The summed E-state index contributed by atoms with van der Waals surface area (Å²) in [6.07, 6.45) is 4.87. The standard InChI is InChI=1S/C22H28I2O/c1-17-13-19(7-9-21(17)5-3-11-23)15-25-16-20-8-10-22(6-4-12-24)18(2)14-20/h7-10,13-14H,3-6,11-12,15-16H2,1-2H3. The molecular formula is C22H28I2O. The molecule has 0 saturated heterocycles. The van der Waals surface area contributed by atoms with Crippen molar-refractivity contribution in [2.75, 3.05) is 8.86 Å². The molecule has 0 amide bonds. The third-order valence-electron chi connectivity index (χ3n) is 4.51. The van der Waals surface area contributed by atoms with Gasteiger partial charge in [0.15, 0.2) is 0 Å². The lowest BCUT2D eigenvalue weighted by molar-refractivity contribution is 0.107. The molecule has 0 fully saturated rings. The first-order valence-electron chi connectivity index (χ1n) is 9.00. The van der Waals surface area contributed by atoms with Crippen LogP contribution >= 0.6 is 45.2 Å². The summed E-state index contributed by atoms with van der Waals surface area (Å²) in [4.78, 5) is 0. The lowest BCUT2D eigenvalue weighted by atomic mass is 10.0. The second-order valence-electron chi connectivity index (χ2n) is 6.60. The smallest absolute Gasteiger partial charge is 0.0721 e. The van der Waals surface area contributed by atoms with Crippen molar-refractivity contribution in [1.29, 1.82) is 0 Å². The molecule has 2 aromatic carbocycles. The van der Waals surface area contributed by atoms with Crippen molar-refractivity contribution in [2.45, 2.75) is 52.7 Å². The highest BCUT2D eigenvalue weighted by molar-refractivity contribution is 14.1. The van der Waals surface area contributed by atoms with Crippen molar-refractivity contribution in [3.8, 4) is 0 Å². The minimum absolute atomic E-state index is 0.684. The van der Waals surface area contributed by atoms with Crippen LogP contribution in [-0.2, 0) is 30.8 Å². The summed E-state index contributed by atoms with van der Waals surface area (Å²) in [5.74, 6) is 0. The van der Waals surface area contributed by atoms with Crippen LogP contribution in [0.3, 0.4) is 0 Å². The van der Waals surface area contributed by atoms with Crippen molar-refractivity contribution < 1.29 is 4.74 Å². The van der Waals surface area contributed by atoms with E-state index in [1.807, 2.05) is 0 Å². The van der Waals surface area contributed by atoms with Crippen LogP contribution in [0.15, 0.2) is 36.4 Å². The van der Waals surface area contributed by atoms with Gasteiger partial charge in [0.1, 0.15) is 0 Å². The molecule has 0 N–H and O–H groups in total. The van der Waals surface area contributed by atoms with Crippen LogP contribution < -0.4 is 0 Å². The Kier molecular flexibility index (Phi) is 9.78. The van der Waals surface area contributed by atoms with Gasteiger partial charge in [-0.25, -0.2) is 0 Å². The number of hydrogen-bond donors (Lipinski definition) is 0. The number of alkyl halides is 2. The highest BCUT2D eigenvalue weighted by Crippen LogP contribution is 2.17. The van der Waals surface area contributed by atoms with Gasteiger partial charge in [-0.3, -0.25) is 0 Å². The number of hydrogen-bond acceptors (Lipinski definition) is 1. The zero-order chi connectivity index (χ0) is 18.1. The lowest BCUT2D eigenvalue weighted by Gasteiger charge is -2.11. The molecular weight excluding hydrogens is 534 g/mol. The Bertz CT molecular complexity index is 610. The fourth-order valence-electron chi connectivity index (χ4n) is 3.06. The van der Waals surface area contributed by atoms with Crippen LogP contribution in [0.2, 0.25) is 0 Å². The number of rotatable bonds is 10. The van der Waals surface area contributed by atoms with Gasteiger partial charge in [-0.1, -0.05) is 81.6 Å². The minimum Gasteiger partial charge on any atom is -0.372 e. The second kappa shape index (κ2) is 11.5. The fraction of sp³-hybridized carbons (Fsp3) is 0.455. The Hall–Kier alpha value is -0.140. The van der Waals surface area contributed by atoms with E-state index in [1.54, 1.807) is 0 Å². The van der Waals surface area contributed by atoms with Gasteiger partial charge in [-0.2, -0.15) is 0 Å². The summed E-state index contributed by atoms with van der Waals surface area (Å²) < 4.78 is 8.40. The van der Waals surface area contributed by atoms with E-state index in [0.717, 1.165) is 0 Å². The molecule has 0 aliphatic rings. The highest BCUT2D eigenvalue weighted by Gasteiger charge is 2.03. The second-order valence-corrected chi connectivity index (χ2v) is 8.76. The zero-order valence-corrected chi connectivity index (χ0v) is 19.6. The monoisotopic (exact) mass is 562 g/mol. The normalized spacial score (nSPS) is 11.0. The highest BCUT2D eigenvalue weighted by atomic mass is 127. The molecule has 3 heteroatoms. The molecule has 0 radical (unpaired) electrons. The predicted octanol–water partition coefficient (Wildman–Crippen LogP) is 6.76. The Morgan fingerprint density at radius 3 is 1.52 bits per heavy atom. The molecule has 0 aliphatic carbocycles. The Labute approximate surface area is 180 Å². The SMILES string of the molecule is Cc1cc(COCc2ccc(CCCI)c(C)c2)ccc1CCCI. The van der Waals surface area contributed by atoms with Gasteiger partial charge in [-0.15, -0.1) is 0 Å². The molecule has 0 atom stereocenters. The van der Waals surface area contributed by atoms with Gasteiger partial charge in [0.2, 0.25) is 0 Å². The molecule has 0 heterocycles. The van der Waals surface area contributed by atoms with Crippen molar-refractivity contribution in [3.05, 3.63) is 69.8 Å². The van der Waals surface area contributed by atoms with E-state index in [1.165, 1.54) is 67.9 Å². The summed E-state index contributed by atoms with van der Waals surface area (Å²) in [7, 11) is 0. The molecule has 0 saturated carbocycles. The van der Waals surface area contributed by atoms with Crippen LogP contribution in [-0.4, -0.2) is 8.86 Å². The lowest BCUT2D eigenvalue weighted by Crippen LogP contribution is -1.98. The van der Waals surface area contributed by atoms with E-state index in [9.17, 15) is 0 Å². The molecule has 0 aliphatic heterocycles. The quantitative estimate of drug-likeness (QED) is 0.230. The van der Waals surface area contributed by atoms with Crippen molar-refractivity contribution in [3.63, 3.8) is 0 Å².